The minimum absolute atomic E-state index is 0.0599. The lowest BCUT2D eigenvalue weighted by Crippen LogP contribution is -2.23. The second-order valence-corrected chi connectivity index (χ2v) is 4.64. The zero-order chi connectivity index (χ0) is 15.8. The number of nitrogens with one attached hydrogen (secondary N) is 2. The fourth-order valence-electron chi connectivity index (χ4n) is 1.76. The van der Waals surface area contributed by atoms with Crippen LogP contribution in [0.15, 0.2) is 18.2 Å². The topological polar surface area (TPSA) is 98.3 Å². The third kappa shape index (κ3) is 5.25. The molecule has 21 heavy (non-hydrogen) atoms. The third-order valence-corrected chi connectivity index (χ3v) is 2.76. The molecule has 6 nitrogen and oxygen atoms in total. The van der Waals surface area contributed by atoms with Crippen molar-refractivity contribution in [3.63, 3.8) is 0 Å². The number of amides is 2. The van der Waals surface area contributed by atoms with Crippen LogP contribution < -0.4 is 15.7 Å². The molecule has 114 valence electrons. The Hall–Kier alpha value is -2.37. The van der Waals surface area contributed by atoms with E-state index in [0.29, 0.717) is 31.4 Å². The molecule has 1 aromatic rings. The first-order valence-electron chi connectivity index (χ1n) is 6.93. The molecule has 0 aliphatic rings. The van der Waals surface area contributed by atoms with Gasteiger partial charge in [-0.05, 0) is 30.5 Å². The Morgan fingerprint density at radius 2 is 1.48 bits per heavy atom. The normalized spacial score (nSPS) is 10.0. The molecule has 2 N–H and O–H groups in total. The van der Waals surface area contributed by atoms with Gasteiger partial charge in [-0.25, -0.2) is 0 Å². The summed E-state index contributed by atoms with van der Waals surface area (Å²) < 4.78 is 0. The van der Waals surface area contributed by atoms with E-state index in [0.717, 1.165) is 0 Å². The van der Waals surface area contributed by atoms with E-state index in [1.54, 1.807) is 0 Å². The SMILES string of the molecule is CCCC(=O)Nc1ccc(C(=O)[O-])cc1NC(=O)CCC. The maximum atomic E-state index is 11.7. The summed E-state index contributed by atoms with van der Waals surface area (Å²) in [5, 5.41) is 16.2. The highest BCUT2D eigenvalue weighted by Crippen LogP contribution is 2.24. The molecular formula is C15H19N2O4-. The molecule has 0 saturated heterocycles. The van der Waals surface area contributed by atoms with E-state index in [1.807, 2.05) is 13.8 Å². The van der Waals surface area contributed by atoms with Crippen LogP contribution >= 0.6 is 0 Å². The molecule has 6 heteroatoms. The summed E-state index contributed by atoms with van der Waals surface area (Å²) in [4.78, 5) is 34.2. The van der Waals surface area contributed by atoms with Gasteiger partial charge in [-0.3, -0.25) is 9.59 Å². The van der Waals surface area contributed by atoms with Crippen molar-refractivity contribution < 1.29 is 19.5 Å². The van der Waals surface area contributed by atoms with Gasteiger partial charge >= 0.3 is 0 Å². The predicted octanol–water partition coefficient (Wildman–Crippen LogP) is 1.53. The van der Waals surface area contributed by atoms with Crippen molar-refractivity contribution in [3.05, 3.63) is 23.8 Å². The smallest absolute Gasteiger partial charge is 0.224 e. The van der Waals surface area contributed by atoms with Gasteiger partial charge in [0.15, 0.2) is 0 Å². The van der Waals surface area contributed by atoms with Crippen LogP contribution in [0.1, 0.15) is 49.9 Å². The van der Waals surface area contributed by atoms with Crippen molar-refractivity contribution >= 4 is 29.2 Å². The second-order valence-electron chi connectivity index (χ2n) is 4.64. The zero-order valence-electron chi connectivity index (χ0n) is 12.2. The molecule has 0 radical (unpaired) electrons. The highest BCUT2D eigenvalue weighted by molar-refractivity contribution is 6.01. The van der Waals surface area contributed by atoms with Crippen LogP contribution in [0.2, 0.25) is 0 Å². The minimum atomic E-state index is -1.34. The quantitative estimate of drug-likeness (QED) is 0.795. The number of benzene rings is 1. The van der Waals surface area contributed by atoms with E-state index < -0.39 is 5.97 Å². The van der Waals surface area contributed by atoms with E-state index in [-0.39, 0.29) is 23.1 Å². The maximum Gasteiger partial charge on any atom is 0.224 e. The number of anilines is 2. The van der Waals surface area contributed by atoms with Crippen molar-refractivity contribution in [1.29, 1.82) is 0 Å². The van der Waals surface area contributed by atoms with Crippen LogP contribution in [0.3, 0.4) is 0 Å². The molecule has 0 saturated carbocycles. The number of carboxylic acids is 1. The molecule has 0 bridgehead atoms. The fourth-order valence-corrected chi connectivity index (χ4v) is 1.76. The Labute approximate surface area is 123 Å². The predicted molar refractivity (Wildman–Crippen MR) is 77.8 cm³/mol. The fraction of sp³-hybridized carbons (Fsp3) is 0.400. The summed E-state index contributed by atoms with van der Waals surface area (Å²) in [6, 6.07) is 4.05. The van der Waals surface area contributed by atoms with Crippen LogP contribution in [0.5, 0.6) is 0 Å². The molecule has 1 aromatic carbocycles. The number of aromatic carboxylic acids is 1. The van der Waals surface area contributed by atoms with Crippen molar-refractivity contribution in [2.75, 3.05) is 10.6 Å². The summed E-state index contributed by atoms with van der Waals surface area (Å²) in [6.45, 7) is 3.74. The van der Waals surface area contributed by atoms with Gasteiger partial charge in [-0.1, -0.05) is 19.9 Å². The van der Waals surface area contributed by atoms with Crippen molar-refractivity contribution in [1.82, 2.24) is 0 Å². The van der Waals surface area contributed by atoms with Crippen molar-refractivity contribution in [3.8, 4) is 0 Å². The minimum Gasteiger partial charge on any atom is -0.545 e. The molecule has 0 spiro atoms. The summed E-state index contributed by atoms with van der Waals surface area (Å²) in [7, 11) is 0. The van der Waals surface area contributed by atoms with Crippen LogP contribution in [-0.4, -0.2) is 17.8 Å². The van der Waals surface area contributed by atoms with Gasteiger partial charge in [-0.2, -0.15) is 0 Å². The summed E-state index contributed by atoms with van der Waals surface area (Å²) in [5.74, 6) is -1.77. The van der Waals surface area contributed by atoms with Crippen LogP contribution in [0.25, 0.3) is 0 Å². The Morgan fingerprint density at radius 3 is 1.95 bits per heavy atom. The van der Waals surface area contributed by atoms with Crippen molar-refractivity contribution in [2.45, 2.75) is 39.5 Å². The summed E-state index contributed by atoms with van der Waals surface area (Å²) in [6.07, 6.45) is 2.03. The number of carbonyl (C=O) groups excluding carboxylic acids is 3. The Morgan fingerprint density at radius 1 is 0.952 bits per heavy atom. The second kappa shape index (κ2) is 8.04. The number of carboxylic acid groups (broad SMARTS) is 1. The van der Waals surface area contributed by atoms with Crippen molar-refractivity contribution in [2.24, 2.45) is 0 Å². The lowest BCUT2D eigenvalue weighted by molar-refractivity contribution is -0.255. The molecule has 0 aliphatic carbocycles. The van der Waals surface area contributed by atoms with E-state index in [4.69, 9.17) is 0 Å². The average molecular weight is 291 g/mol. The molecular weight excluding hydrogens is 272 g/mol. The monoisotopic (exact) mass is 291 g/mol. The van der Waals surface area contributed by atoms with Crippen LogP contribution in [0.4, 0.5) is 11.4 Å². The Balaban J connectivity index is 3.01. The third-order valence-electron chi connectivity index (χ3n) is 2.76. The van der Waals surface area contributed by atoms with E-state index in [1.165, 1.54) is 18.2 Å². The van der Waals surface area contributed by atoms with Gasteiger partial charge < -0.3 is 20.5 Å². The number of hydrogen-bond donors (Lipinski definition) is 2. The summed E-state index contributed by atoms with van der Waals surface area (Å²) in [5.41, 5.74) is 0.581. The summed E-state index contributed by atoms with van der Waals surface area (Å²) >= 11 is 0. The molecule has 0 aromatic heterocycles. The molecule has 2 amide bonds. The zero-order valence-corrected chi connectivity index (χ0v) is 12.2. The van der Waals surface area contributed by atoms with Gasteiger partial charge in [0.05, 0.1) is 17.3 Å². The Bertz CT molecular complexity index is 540. The highest BCUT2D eigenvalue weighted by Gasteiger charge is 2.10. The molecule has 1 rings (SSSR count). The standard InChI is InChI=1S/C15H20N2O4/c1-3-5-13(18)16-11-8-7-10(15(20)21)9-12(11)17-14(19)6-4-2/h7-9H,3-6H2,1-2H3,(H,16,18)(H,17,19)(H,20,21)/p-1. The first-order valence-corrected chi connectivity index (χ1v) is 6.93. The molecule has 0 unspecified atom stereocenters. The first-order chi connectivity index (χ1) is 9.97. The Kier molecular flexibility index (Phi) is 6.39. The highest BCUT2D eigenvalue weighted by atomic mass is 16.4. The lowest BCUT2D eigenvalue weighted by Gasteiger charge is -2.14. The van der Waals surface area contributed by atoms with Gasteiger partial charge in [-0.15, -0.1) is 0 Å². The molecule has 0 fully saturated rings. The number of rotatable bonds is 7. The number of carbonyl (C=O) groups is 3. The van der Waals surface area contributed by atoms with E-state index in [9.17, 15) is 19.5 Å². The molecule has 0 aliphatic heterocycles. The number of hydrogen-bond acceptors (Lipinski definition) is 4. The van der Waals surface area contributed by atoms with E-state index in [2.05, 4.69) is 10.6 Å². The average Bonchev–Trinajstić information content (AvgIpc) is 2.41. The van der Waals surface area contributed by atoms with Crippen LogP contribution in [0, 0.1) is 0 Å². The van der Waals surface area contributed by atoms with Gasteiger partial charge in [0, 0.05) is 12.8 Å². The molecule has 0 atom stereocenters. The van der Waals surface area contributed by atoms with Gasteiger partial charge in [0.1, 0.15) is 0 Å². The largest absolute Gasteiger partial charge is 0.545 e. The molecule has 0 heterocycles. The lowest BCUT2D eigenvalue weighted by atomic mass is 10.1. The van der Waals surface area contributed by atoms with Gasteiger partial charge in [0.25, 0.3) is 0 Å². The van der Waals surface area contributed by atoms with Crippen LogP contribution in [-0.2, 0) is 9.59 Å². The first kappa shape index (κ1) is 16.7. The van der Waals surface area contributed by atoms with Gasteiger partial charge in [0.2, 0.25) is 11.8 Å². The maximum absolute atomic E-state index is 11.7. The van der Waals surface area contributed by atoms with E-state index >= 15 is 0 Å².